The van der Waals surface area contributed by atoms with Gasteiger partial charge >= 0.3 is 18.3 Å². The Morgan fingerprint density at radius 3 is 2.09 bits per heavy atom. The van der Waals surface area contributed by atoms with Gasteiger partial charge in [-0.05, 0) is 29.8 Å². The minimum Gasteiger partial charge on any atom is -0.465 e. The van der Waals surface area contributed by atoms with E-state index in [0.717, 1.165) is 18.0 Å². The lowest BCUT2D eigenvalue weighted by molar-refractivity contribution is -0.143. The predicted molar refractivity (Wildman–Crippen MR) is 98.7 cm³/mol. The fourth-order valence-corrected chi connectivity index (χ4v) is 2.67. The van der Waals surface area contributed by atoms with Gasteiger partial charge in [-0.1, -0.05) is 0 Å². The Labute approximate surface area is 180 Å². The van der Waals surface area contributed by atoms with Gasteiger partial charge in [0.15, 0.2) is 5.82 Å². The van der Waals surface area contributed by atoms with E-state index in [-0.39, 0.29) is 17.2 Å². The first-order valence-electron chi connectivity index (χ1n) is 8.37. The fraction of sp³-hybridized carbons (Fsp3) is 0.167. The van der Waals surface area contributed by atoms with Crippen LogP contribution in [0, 0.1) is 0 Å². The maximum atomic E-state index is 13.1. The third-order valence-electron chi connectivity index (χ3n) is 3.96. The molecule has 0 fully saturated rings. The summed E-state index contributed by atoms with van der Waals surface area (Å²) in [5.74, 6) is -1.39. The number of halogens is 7. The number of hydrogen-bond donors (Lipinski definition) is 0. The number of aromatic nitrogens is 5. The van der Waals surface area contributed by atoms with Crippen LogP contribution in [0.2, 0.25) is 5.28 Å². The van der Waals surface area contributed by atoms with Crippen LogP contribution < -0.4 is 0 Å². The summed E-state index contributed by atoms with van der Waals surface area (Å²) in [5.41, 5.74) is -3.62. The Morgan fingerprint density at radius 2 is 1.59 bits per heavy atom. The third-order valence-corrected chi connectivity index (χ3v) is 4.22. The second kappa shape index (κ2) is 8.57. The lowest BCUT2D eigenvalue weighted by Gasteiger charge is -2.13. The maximum absolute atomic E-state index is 13.1. The van der Waals surface area contributed by atoms with E-state index in [0.29, 0.717) is 12.1 Å². The summed E-state index contributed by atoms with van der Waals surface area (Å²) >= 11 is 5.95. The highest BCUT2D eigenvalue weighted by molar-refractivity contribution is 6.29. The molecule has 3 rings (SSSR count). The molecule has 0 amide bonds. The van der Waals surface area contributed by atoms with Crippen LogP contribution in [0.15, 0.2) is 36.9 Å². The van der Waals surface area contributed by atoms with Crippen molar-refractivity contribution in [2.75, 3.05) is 7.11 Å². The second-order valence-corrected chi connectivity index (χ2v) is 6.44. The van der Waals surface area contributed by atoms with Gasteiger partial charge in [-0.3, -0.25) is 0 Å². The van der Waals surface area contributed by atoms with Crippen LogP contribution in [0.25, 0.3) is 23.2 Å². The summed E-state index contributed by atoms with van der Waals surface area (Å²) in [5, 5.41) is 3.38. The summed E-state index contributed by atoms with van der Waals surface area (Å²) in [4.78, 5) is 23.3. The van der Waals surface area contributed by atoms with Crippen molar-refractivity contribution >= 4 is 29.3 Å². The van der Waals surface area contributed by atoms with E-state index in [1.165, 1.54) is 18.7 Å². The Morgan fingerprint density at radius 1 is 1.03 bits per heavy atom. The molecule has 3 aromatic rings. The molecule has 2 aromatic heterocycles. The molecule has 32 heavy (non-hydrogen) atoms. The minimum absolute atomic E-state index is 0.0211. The van der Waals surface area contributed by atoms with Crippen molar-refractivity contribution in [3.63, 3.8) is 0 Å². The molecule has 0 saturated heterocycles. The van der Waals surface area contributed by atoms with Gasteiger partial charge in [-0.2, -0.15) is 31.3 Å². The molecule has 0 aliphatic rings. The average Bonchev–Trinajstić information content (AvgIpc) is 3.11. The van der Waals surface area contributed by atoms with Crippen LogP contribution in [0.5, 0.6) is 0 Å². The molecule has 0 unspecified atom stereocenters. The number of carbonyl (C=O) groups is 1. The summed E-state index contributed by atoms with van der Waals surface area (Å²) < 4.78 is 84.1. The van der Waals surface area contributed by atoms with E-state index < -0.39 is 46.1 Å². The van der Waals surface area contributed by atoms with Gasteiger partial charge in [0, 0.05) is 29.7 Å². The largest absolute Gasteiger partial charge is 0.465 e. The second-order valence-electron chi connectivity index (χ2n) is 6.11. The molecule has 2 heterocycles. The number of ether oxygens (including phenoxy) is 1. The highest BCUT2D eigenvalue weighted by atomic mass is 35.5. The number of rotatable bonds is 4. The fourth-order valence-electron chi connectivity index (χ4n) is 2.51. The zero-order valence-electron chi connectivity index (χ0n) is 15.7. The minimum atomic E-state index is -5.05. The van der Waals surface area contributed by atoms with E-state index in [1.54, 1.807) is 0 Å². The van der Waals surface area contributed by atoms with Gasteiger partial charge in [0.1, 0.15) is 6.33 Å². The monoisotopic (exact) mass is 477 g/mol. The number of esters is 1. The van der Waals surface area contributed by atoms with Crippen molar-refractivity contribution in [2.45, 2.75) is 12.4 Å². The summed E-state index contributed by atoms with van der Waals surface area (Å²) in [6.07, 6.45) is -5.33. The standard InChI is InChI=1S/C18H10ClF6N5O2/c1-32-15(31)13(10-5-26-8-27-6-10)7-30-16(19)28-14(29-30)9-2-11(17(20,21)22)4-12(3-9)18(23,24)25/h2-8H,1H3/b13-7+. The van der Waals surface area contributed by atoms with E-state index in [2.05, 4.69) is 24.8 Å². The molecule has 0 saturated carbocycles. The normalized spacial score (nSPS) is 12.7. The van der Waals surface area contributed by atoms with Crippen LogP contribution in [0.1, 0.15) is 16.7 Å². The van der Waals surface area contributed by atoms with E-state index in [9.17, 15) is 31.1 Å². The van der Waals surface area contributed by atoms with Crippen molar-refractivity contribution in [3.05, 3.63) is 58.9 Å². The van der Waals surface area contributed by atoms with Crippen molar-refractivity contribution in [3.8, 4) is 11.4 Å². The van der Waals surface area contributed by atoms with Gasteiger partial charge in [0.05, 0.1) is 23.8 Å². The van der Waals surface area contributed by atoms with Gasteiger partial charge < -0.3 is 4.74 Å². The van der Waals surface area contributed by atoms with Crippen LogP contribution in [0.4, 0.5) is 26.3 Å². The average molecular weight is 478 g/mol. The molecule has 0 spiro atoms. The zero-order chi connectivity index (χ0) is 23.7. The maximum Gasteiger partial charge on any atom is 0.416 e. The van der Waals surface area contributed by atoms with Crippen LogP contribution in [-0.2, 0) is 21.9 Å². The Balaban J connectivity index is 2.14. The van der Waals surface area contributed by atoms with Crippen molar-refractivity contribution in [1.82, 2.24) is 24.7 Å². The van der Waals surface area contributed by atoms with E-state index in [4.69, 9.17) is 11.6 Å². The predicted octanol–water partition coefficient (Wildman–Crippen LogP) is 4.60. The molecule has 168 valence electrons. The first kappa shape index (κ1) is 23.2. The number of benzene rings is 1. The first-order chi connectivity index (χ1) is 14.9. The lowest BCUT2D eigenvalue weighted by atomic mass is 10.0. The molecule has 7 nitrogen and oxygen atoms in total. The molecule has 0 aliphatic heterocycles. The Kier molecular flexibility index (Phi) is 6.21. The lowest BCUT2D eigenvalue weighted by Crippen LogP contribution is -2.11. The van der Waals surface area contributed by atoms with Crippen molar-refractivity contribution < 1.29 is 35.9 Å². The van der Waals surface area contributed by atoms with Crippen molar-refractivity contribution in [1.29, 1.82) is 0 Å². The molecule has 0 atom stereocenters. The molecule has 0 radical (unpaired) electrons. The number of carbonyl (C=O) groups excluding carboxylic acids is 1. The van der Waals surface area contributed by atoms with Crippen LogP contribution in [0.3, 0.4) is 0 Å². The summed E-state index contributed by atoms with van der Waals surface area (Å²) in [6.45, 7) is 0. The Hall–Kier alpha value is -3.48. The summed E-state index contributed by atoms with van der Waals surface area (Å²) in [6, 6.07) is 0.898. The van der Waals surface area contributed by atoms with Crippen LogP contribution in [-0.4, -0.2) is 37.8 Å². The molecule has 1 aromatic carbocycles. The topological polar surface area (TPSA) is 82.8 Å². The number of nitrogens with zero attached hydrogens (tertiary/aromatic N) is 5. The molecule has 0 aliphatic carbocycles. The molecule has 0 bridgehead atoms. The quantitative estimate of drug-likeness (QED) is 0.310. The Bertz CT molecular complexity index is 1140. The van der Waals surface area contributed by atoms with Gasteiger partial charge in [0.25, 0.3) is 0 Å². The molecule has 0 N–H and O–H groups in total. The van der Waals surface area contributed by atoms with Gasteiger partial charge in [0.2, 0.25) is 5.28 Å². The van der Waals surface area contributed by atoms with Crippen LogP contribution >= 0.6 is 11.6 Å². The summed E-state index contributed by atoms with van der Waals surface area (Å²) in [7, 11) is 1.09. The number of hydrogen-bond acceptors (Lipinski definition) is 6. The van der Waals surface area contributed by atoms with Gasteiger partial charge in [-0.25, -0.2) is 19.4 Å². The highest BCUT2D eigenvalue weighted by Crippen LogP contribution is 2.38. The molecular formula is C18H10ClF6N5O2. The van der Waals surface area contributed by atoms with Crippen molar-refractivity contribution in [2.24, 2.45) is 0 Å². The van der Waals surface area contributed by atoms with E-state index >= 15 is 0 Å². The zero-order valence-corrected chi connectivity index (χ0v) is 16.5. The molecular weight excluding hydrogens is 468 g/mol. The van der Waals surface area contributed by atoms with Gasteiger partial charge in [-0.15, -0.1) is 5.10 Å². The number of methoxy groups -OCH3 is 1. The molecule has 14 heteroatoms. The smallest absolute Gasteiger partial charge is 0.416 e. The highest BCUT2D eigenvalue weighted by Gasteiger charge is 2.37. The van der Waals surface area contributed by atoms with E-state index in [1.807, 2.05) is 0 Å². The first-order valence-corrected chi connectivity index (χ1v) is 8.75. The number of alkyl halides is 6. The third kappa shape index (κ3) is 5.04. The SMILES string of the molecule is COC(=O)/C(=C/n1nc(-c2cc(C(F)(F)F)cc(C(F)(F)F)c2)nc1Cl)c1cncnc1.